The van der Waals surface area contributed by atoms with Gasteiger partial charge in [-0.25, -0.2) is 4.79 Å². The van der Waals surface area contributed by atoms with Gasteiger partial charge >= 0.3 is 5.97 Å². The number of amides is 1. The molecule has 1 saturated heterocycles. The molecule has 2 fully saturated rings. The molecule has 0 bridgehead atoms. The van der Waals surface area contributed by atoms with Crippen LogP contribution in [0.3, 0.4) is 0 Å². The Morgan fingerprint density at radius 3 is 2.60 bits per heavy atom. The van der Waals surface area contributed by atoms with Crippen LogP contribution in [0.15, 0.2) is 41.3 Å². The molecule has 4 rings (SSSR count). The molecule has 0 spiro atoms. The third-order valence-corrected chi connectivity index (χ3v) is 7.25. The number of aromatic hydroxyl groups is 1. The molecule has 1 amide bonds. The highest BCUT2D eigenvalue weighted by molar-refractivity contribution is 5.89. The van der Waals surface area contributed by atoms with Gasteiger partial charge in [-0.3, -0.25) is 14.2 Å². The predicted molar refractivity (Wildman–Crippen MR) is 146 cm³/mol. The maximum atomic E-state index is 13.5. The molecule has 2 aliphatic rings. The Kier molecular flexibility index (Phi) is 9.96. The van der Waals surface area contributed by atoms with Gasteiger partial charge in [0.25, 0.3) is 5.56 Å². The number of hydrogen-bond donors (Lipinski definition) is 3. The summed E-state index contributed by atoms with van der Waals surface area (Å²) in [5.41, 5.74) is 0.651. The summed E-state index contributed by atoms with van der Waals surface area (Å²) in [6, 6.07) is 8.42. The largest absolute Gasteiger partial charge is 0.507 e. The lowest BCUT2D eigenvalue weighted by atomic mass is 10.1. The smallest absolute Gasteiger partial charge is 0.338 e. The van der Waals surface area contributed by atoms with Crippen LogP contribution in [0.25, 0.3) is 0 Å². The number of carbonyl (C=O) groups excluding carboxylic acids is 2. The van der Waals surface area contributed by atoms with Crippen LogP contribution in [0.1, 0.15) is 47.0 Å². The topological polar surface area (TPSA) is 140 Å². The number of carbonyl (C=O) groups is 2. The highest BCUT2D eigenvalue weighted by Gasteiger charge is 2.47. The first-order valence-electron chi connectivity index (χ1n) is 13.7. The Balaban J connectivity index is 1.53. The standard InChI is InChI=1S/C29H39N3O8/c1-18-15-32(27(36)21(24(18)34)12-11-19-9-10-19)28-26(38-17-23(33)30-13-14-31(2)3)25(35)22(40-28)16-39-29(37)20-7-5-4-6-8-20/h4-8,15,19,22,25-26,28,34-35H,9-14,16-17H2,1-3H3,(H,30,33). The van der Waals surface area contributed by atoms with Gasteiger partial charge in [0, 0.05) is 24.8 Å². The van der Waals surface area contributed by atoms with Crippen molar-refractivity contribution in [1.29, 1.82) is 0 Å². The number of ether oxygens (including phenoxy) is 3. The second-order valence-electron chi connectivity index (χ2n) is 10.8. The number of hydrogen-bond acceptors (Lipinski definition) is 9. The summed E-state index contributed by atoms with van der Waals surface area (Å²) in [7, 11) is 3.78. The first-order chi connectivity index (χ1) is 19.2. The molecule has 0 radical (unpaired) electrons. The quantitative estimate of drug-likeness (QED) is 0.312. The van der Waals surface area contributed by atoms with Crippen molar-refractivity contribution < 1.29 is 34.0 Å². The number of benzene rings is 1. The first-order valence-corrected chi connectivity index (χ1v) is 13.7. The minimum atomic E-state index is -1.31. The van der Waals surface area contributed by atoms with E-state index in [0.717, 1.165) is 19.3 Å². The Labute approximate surface area is 233 Å². The normalized spacial score (nSPS) is 22.4. The maximum Gasteiger partial charge on any atom is 0.338 e. The van der Waals surface area contributed by atoms with Gasteiger partial charge in [-0.2, -0.15) is 0 Å². The number of rotatable bonds is 13. The van der Waals surface area contributed by atoms with E-state index in [1.807, 2.05) is 19.0 Å². The van der Waals surface area contributed by atoms with Crippen molar-refractivity contribution in [2.75, 3.05) is 40.4 Å². The molecule has 2 aromatic rings. The Hall–Kier alpha value is -3.25. The second kappa shape index (κ2) is 13.4. The molecular formula is C29H39N3O8. The van der Waals surface area contributed by atoms with Gasteiger partial charge in [0.05, 0.1) is 11.1 Å². The van der Waals surface area contributed by atoms with Crippen molar-refractivity contribution >= 4 is 11.9 Å². The summed E-state index contributed by atoms with van der Waals surface area (Å²) in [4.78, 5) is 40.4. The predicted octanol–water partition coefficient (Wildman–Crippen LogP) is 1.38. The van der Waals surface area contributed by atoms with Gasteiger partial charge in [-0.05, 0) is 51.9 Å². The number of pyridine rings is 1. The van der Waals surface area contributed by atoms with E-state index in [2.05, 4.69) is 5.32 Å². The van der Waals surface area contributed by atoms with E-state index in [9.17, 15) is 24.6 Å². The lowest BCUT2D eigenvalue weighted by molar-refractivity contribution is -0.133. The van der Waals surface area contributed by atoms with Crippen molar-refractivity contribution in [3.05, 3.63) is 63.6 Å². The second-order valence-corrected chi connectivity index (χ2v) is 10.8. The van der Waals surface area contributed by atoms with Gasteiger partial charge in [0.2, 0.25) is 5.91 Å². The van der Waals surface area contributed by atoms with Crippen molar-refractivity contribution in [2.45, 2.75) is 57.1 Å². The molecule has 11 heteroatoms. The minimum absolute atomic E-state index is 0.0495. The third-order valence-electron chi connectivity index (χ3n) is 7.25. The molecule has 1 saturated carbocycles. The first kappa shape index (κ1) is 29.7. The fourth-order valence-corrected chi connectivity index (χ4v) is 4.71. The van der Waals surface area contributed by atoms with Gasteiger partial charge in [0.15, 0.2) is 6.23 Å². The van der Waals surface area contributed by atoms with Crippen molar-refractivity contribution in [1.82, 2.24) is 14.8 Å². The highest BCUT2D eigenvalue weighted by Crippen LogP contribution is 2.36. The Morgan fingerprint density at radius 2 is 1.93 bits per heavy atom. The SMILES string of the molecule is Cc1cn(C2OC(COC(=O)c3ccccc3)C(O)C2OCC(=O)NCCN(C)C)c(=O)c(CCC2CC2)c1O. The zero-order valence-electron chi connectivity index (χ0n) is 23.2. The lowest BCUT2D eigenvalue weighted by Gasteiger charge is -2.24. The fraction of sp³-hybridized carbons (Fsp3) is 0.552. The zero-order chi connectivity index (χ0) is 28.8. The van der Waals surface area contributed by atoms with Crippen LogP contribution in [0.5, 0.6) is 5.75 Å². The number of aliphatic hydroxyl groups is 1. The van der Waals surface area contributed by atoms with Crippen LogP contribution < -0.4 is 10.9 Å². The number of aliphatic hydroxyl groups excluding tert-OH is 1. The molecule has 11 nitrogen and oxygen atoms in total. The van der Waals surface area contributed by atoms with Gasteiger partial charge in [0.1, 0.15) is 37.3 Å². The van der Waals surface area contributed by atoms with Crippen molar-refractivity contribution in [3.8, 4) is 5.75 Å². The average Bonchev–Trinajstić information content (AvgIpc) is 3.71. The van der Waals surface area contributed by atoms with Crippen molar-refractivity contribution in [3.63, 3.8) is 0 Å². The lowest BCUT2D eigenvalue weighted by Crippen LogP contribution is -2.41. The molecule has 218 valence electrons. The monoisotopic (exact) mass is 557 g/mol. The van der Waals surface area contributed by atoms with Crippen molar-refractivity contribution in [2.24, 2.45) is 5.92 Å². The number of aryl methyl sites for hydroxylation is 1. The van der Waals surface area contributed by atoms with Crippen LogP contribution in [0.2, 0.25) is 0 Å². The molecule has 2 heterocycles. The maximum absolute atomic E-state index is 13.5. The number of aromatic nitrogens is 1. The molecular weight excluding hydrogens is 518 g/mol. The van der Waals surface area contributed by atoms with Gasteiger partial charge in [-0.15, -0.1) is 0 Å². The summed E-state index contributed by atoms with van der Waals surface area (Å²) >= 11 is 0. The van der Waals surface area contributed by atoms with E-state index in [4.69, 9.17) is 14.2 Å². The van der Waals surface area contributed by atoms with Crippen LogP contribution in [-0.2, 0) is 25.4 Å². The summed E-state index contributed by atoms with van der Waals surface area (Å²) in [5.74, 6) is -0.460. The van der Waals surface area contributed by atoms with E-state index in [1.165, 1.54) is 10.8 Å². The molecule has 1 aliphatic carbocycles. The van der Waals surface area contributed by atoms with Gasteiger partial charge in [-0.1, -0.05) is 31.0 Å². The molecule has 1 aromatic heterocycles. The fourth-order valence-electron chi connectivity index (χ4n) is 4.71. The minimum Gasteiger partial charge on any atom is -0.507 e. The van der Waals surface area contributed by atoms with E-state index in [1.54, 1.807) is 37.3 Å². The molecule has 40 heavy (non-hydrogen) atoms. The molecule has 4 unspecified atom stereocenters. The van der Waals surface area contributed by atoms with E-state index in [0.29, 0.717) is 36.6 Å². The van der Waals surface area contributed by atoms with Crippen LogP contribution >= 0.6 is 0 Å². The third kappa shape index (κ3) is 7.48. The Morgan fingerprint density at radius 1 is 1.20 bits per heavy atom. The van der Waals surface area contributed by atoms with Crippen LogP contribution in [0.4, 0.5) is 0 Å². The number of nitrogens with one attached hydrogen (secondary N) is 1. The number of nitrogens with zero attached hydrogens (tertiary/aromatic N) is 2. The van der Waals surface area contributed by atoms with Gasteiger partial charge < -0.3 is 34.6 Å². The van der Waals surface area contributed by atoms with E-state index in [-0.39, 0.29) is 30.4 Å². The number of esters is 1. The zero-order valence-corrected chi connectivity index (χ0v) is 23.2. The Bertz CT molecular complexity index is 1230. The number of likely N-dealkylation sites (N-methyl/N-ethyl adjacent to an activating group) is 1. The highest BCUT2D eigenvalue weighted by atomic mass is 16.6. The van der Waals surface area contributed by atoms with E-state index >= 15 is 0 Å². The van der Waals surface area contributed by atoms with Crippen LogP contribution in [0, 0.1) is 12.8 Å². The van der Waals surface area contributed by atoms with E-state index < -0.39 is 36.1 Å². The van der Waals surface area contributed by atoms with Crippen LogP contribution in [-0.4, -0.2) is 90.3 Å². The molecule has 1 aromatic carbocycles. The molecule has 1 aliphatic heterocycles. The summed E-state index contributed by atoms with van der Waals surface area (Å²) in [6.45, 7) is 2.09. The summed E-state index contributed by atoms with van der Waals surface area (Å²) in [5, 5.41) is 24.5. The average molecular weight is 558 g/mol. The summed E-state index contributed by atoms with van der Waals surface area (Å²) in [6.07, 6.45) is 0.365. The summed E-state index contributed by atoms with van der Waals surface area (Å²) < 4.78 is 18.6. The molecule has 4 atom stereocenters. The molecule has 3 N–H and O–H groups in total.